The van der Waals surface area contributed by atoms with E-state index in [-0.39, 0.29) is 10.0 Å². The van der Waals surface area contributed by atoms with Crippen LogP contribution in [0, 0.1) is 5.82 Å². The zero-order valence-electron chi connectivity index (χ0n) is 10.4. The fraction of sp³-hybridized carbons (Fsp3) is 0.214. The van der Waals surface area contributed by atoms with E-state index in [1.807, 2.05) is 10.3 Å². The van der Waals surface area contributed by atoms with Gasteiger partial charge in [-0.1, -0.05) is 0 Å². The quantitative estimate of drug-likeness (QED) is 0.887. The smallest absolute Gasteiger partial charge is 0.336 e. The van der Waals surface area contributed by atoms with Gasteiger partial charge in [0.1, 0.15) is 0 Å². The van der Waals surface area contributed by atoms with Crippen LogP contribution in [-0.2, 0) is 13.0 Å². The molecule has 0 radical (unpaired) electrons. The number of thiophene rings is 1. The molecule has 0 unspecified atom stereocenters. The van der Waals surface area contributed by atoms with E-state index in [9.17, 15) is 9.18 Å². The van der Waals surface area contributed by atoms with Crippen LogP contribution in [0.3, 0.4) is 0 Å². The third kappa shape index (κ3) is 2.23. The Labute approximate surface area is 127 Å². The molecule has 1 N–H and O–H groups in total. The molecule has 0 amide bonds. The summed E-state index contributed by atoms with van der Waals surface area (Å²) in [5, 5.41) is 11.0. The Morgan fingerprint density at radius 3 is 2.95 bits per heavy atom. The molecule has 104 valence electrons. The number of carbonyl (C=O) groups is 1. The van der Waals surface area contributed by atoms with Crippen LogP contribution in [-0.4, -0.2) is 17.6 Å². The number of carboxylic acids is 1. The highest BCUT2D eigenvalue weighted by atomic mass is 79.9. The summed E-state index contributed by atoms with van der Waals surface area (Å²) in [4.78, 5) is 14.3. The van der Waals surface area contributed by atoms with Crippen molar-refractivity contribution in [2.45, 2.75) is 13.0 Å². The molecule has 0 saturated carbocycles. The van der Waals surface area contributed by atoms with Crippen molar-refractivity contribution >= 4 is 38.9 Å². The van der Waals surface area contributed by atoms with Crippen molar-refractivity contribution in [2.75, 3.05) is 11.4 Å². The molecule has 0 saturated heterocycles. The van der Waals surface area contributed by atoms with Gasteiger partial charge in [0.2, 0.25) is 0 Å². The van der Waals surface area contributed by atoms with Gasteiger partial charge in [-0.15, -0.1) is 11.3 Å². The summed E-state index contributed by atoms with van der Waals surface area (Å²) < 4.78 is 14.4. The lowest BCUT2D eigenvalue weighted by Gasteiger charge is -2.29. The molecule has 6 heteroatoms. The SMILES string of the molecule is O=C(O)c1ccc(N2CCc3sccc3C2)c(F)c1Br. The van der Waals surface area contributed by atoms with Crippen LogP contribution in [0.1, 0.15) is 20.8 Å². The Bertz CT molecular complexity index is 686. The Kier molecular flexibility index (Phi) is 3.52. The lowest BCUT2D eigenvalue weighted by atomic mass is 10.1. The van der Waals surface area contributed by atoms with Gasteiger partial charge in [-0.05, 0) is 51.5 Å². The van der Waals surface area contributed by atoms with Gasteiger partial charge in [0, 0.05) is 18.0 Å². The largest absolute Gasteiger partial charge is 0.478 e. The van der Waals surface area contributed by atoms with E-state index in [4.69, 9.17) is 5.11 Å². The molecule has 3 rings (SSSR count). The summed E-state index contributed by atoms with van der Waals surface area (Å²) in [5.74, 6) is -1.65. The highest BCUT2D eigenvalue weighted by Gasteiger charge is 2.23. The van der Waals surface area contributed by atoms with Gasteiger partial charge in [0.05, 0.1) is 15.7 Å². The van der Waals surface area contributed by atoms with E-state index in [1.54, 1.807) is 17.4 Å². The van der Waals surface area contributed by atoms with Crippen molar-refractivity contribution in [3.8, 4) is 0 Å². The predicted octanol–water partition coefficient (Wildman–Crippen LogP) is 3.91. The lowest BCUT2D eigenvalue weighted by molar-refractivity contribution is 0.0695. The molecule has 0 aliphatic carbocycles. The summed E-state index contributed by atoms with van der Waals surface area (Å²) in [6.45, 7) is 1.40. The van der Waals surface area contributed by atoms with Crippen molar-refractivity contribution in [3.63, 3.8) is 0 Å². The van der Waals surface area contributed by atoms with Crippen LogP contribution in [0.25, 0.3) is 0 Å². The summed E-state index contributed by atoms with van der Waals surface area (Å²) in [7, 11) is 0. The first-order chi connectivity index (χ1) is 9.58. The summed E-state index contributed by atoms with van der Waals surface area (Å²) in [6, 6.07) is 5.04. The molecule has 0 spiro atoms. The molecule has 1 aromatic carbocycles. The number of aromatic carboxylic acids is 1. The summed E-state index contributed by atoms with van der Waals surface area (Å²) >= 11 is 4.77. The predicted molar refractivity (Wildman–Crippen MR) is 80.1 cm³/mol. The average molecular weight is 356 g/mol. The van der Waals surface area contributed by atoms with E-state index in [0.29, 0.717) is 12.2 Å². The minimum Gasteiger partial charge on any atom is -0.478 e. The second-order valence-electron chi connectivity index (χ2n) is 4.61. The number of rotatable bonds is 2. The molecular formula is C14H11BrFNO2S. The summed E-state index contributed by atoms with van der Waals surface area (Å²) in [5.41, 5.74) is 1.61. The Morgan fingerprint density at radius 2 is 2.20 bits per heavy atom. The highest BCUT2D eigenvalue weighted by Crippen LogP contribution is 2.33. The molecule has 3 nitrogen and oxygen atoms in total. The van der Waals surface area contributed by atoms with Crippen LogP contribution < -0.4 is 4.90 Å². The van der Waals surface area contributed by atoms with Crippen LogP contribution >= 0.6 is 27.3 Å². The minimum absolute atomic E-state index is 0.0126. The number of anilines is 1. The average Bonchev–Trinajstić information content (AvgIpc) is 2.88. The molecule has 20 heavy (non-hydrogen) atoms. The molecule has 0 bridgehead atoms. The number of hydrogen-bond acceptors (Lipinski definition) is 3. The van der Waals surface area contributed by atoms with Crippen molar-refractivity contribution in [1.82, 2.24) is 0 Å². The van der Waals surface area contributed by atoms with Crippen LogP contribution in [0.5, 0.6) is 0 Å². The van der Waals surface area contributed by atoms with Gasteiger partial charge < -0.3 is 10.0 Å². The highest BCUT2D eigenvalue weighted by molar-refractivity contribution is 9.10. The molecule has 2 heterocycles. The first-order valence-electron chi connectivity index (χ1n) is 6.09. The van der Waals surface area contributed by atoms with Gasteiger partial charge >= 0.3 is 5.97 Å². The molecule has 1 aromatic heterocycles. The monoisotopic (exact) mass is 355 g/mol. The van der Waals surface area contributed by atoms with Gasteiger partial charge in [-0.25, -0.2) is 9.18 Å². The maximum absolute atomic E-state index is 14.4. The number of hydrogen-bond donors (Lipinski definition) is 1. The number of halogens is 2. The Balaban J connectivity index is 1.96. The van der Waals surface area contributed by atoms with Gasteiger partial charge in [-0.3, -0.25) is 0 Å². The topological polar surface area (TPSA) is 40.5 Å². The third-order valence-electron chi connectivity index (χ3n) is 3.44. The van der Waals surface area contributed by atoms with Gasteiger partial charge in [0.15, 0.2) is 5.82 Å². The number of fused-ring (bicyclic) bond motifs is 1. The maximum Gasteiger partial charge on any atom is 0.336 e. The maximum atomic E-state index is 14.4. The fourth-order valence-corrected chi connectivity index (χ4v) is 3.80. The molecular weight excluding hydrogens is 345 g/mol. The third-order valence-corrected chi connectivity index (χ3v) is 5.24. The van der Waals surface area contributed by atoms with Crippen molar-refractivity contribution < 1.29 is 14.3 Å². The van der Waals surface area contributed by atoms with E-state index >= 15 is 0 Å². The van der Waals surface area contributed by atoms with Gasteiger partial charge in [-0.2, -0.15) is 0 Å². The van der Waals surface area contributed by atoms with E-state index < -0.39 is 11.8 Å². The second kappa shape index (κ2) is 5.18. The van der Waals surface area contributed by atoms with Crippen molar-refractivity contribution in [2.24, 2.45) is 0 Å². The molecule has 1 aliphatic rings. The standard InChI is InChI=1S/C14H11BrFNO2S/c15-12-9(14(18)19)1-2-10(13(12)16)17-5-3-11-8(7-17)4-6-20-11/h1-2,4,6H,3,5,7H2,(H,18,19). The van der Waals surface area contributed by atoms with Crippen molar-refractivity contribution in [3.05, 3.63) is 49.9 Å². The Morgan fingerprint density at radius 1 is 1.40 bits per heavy atom. The number of benzene rings is 1. The van der Waals surface area contributed by atoms with Crippen LogP contribution in [0.15, 0.2) is 28.1 Å². The summed E-state index contributed by atoms with van der Waals surface area (Å²) in [6.07, 6.45) is 0.894. The zero-order chi connectivity index (χ0) is 14.3. The van der Waals surface area contributed by atoms with Crippen molar-refractivity contribution in [1.29, 1.82) is 0 Å². The molecule has 2 aromatic rings. The fourth-order valence-electron chi connectivity index (χ4n) is 2.40. The number of carboxylic acid groups (broad SMARTS) is 1. The first-order valence-corrected chi connectivity index (χ1v) is 7.76. The second-order valence-corrected chi connectivity index (χ2v) is 6.40. The van der Waals surface area contributed by atoms with E-state index in [1.165, 1.54) is 16.5 Å². The lowest BCUT2D eigenvalue weighted by Crippen LogP contribution is -2.30. The molecule has 0 fully saturated rings. The number of nitrogens with zero attached hydrogens (tertiary/aromatic N) is 1. The first kappa shape index (κ1) is 13.6. The van der Waals surface area contributed by atoms with Crippen LogP contribution in [0.2, 0.25) is 0 Å². The van der Waals surface area contributed by atoms with Gasteiger partial charge in [0.25, 0.3) is 0 Å². The zero-order valence-corrected chi connectivity index (χ0v) is 12.8. The van der Waals surface area contributed by atoms with E-state index in [2.05, 4.69) is 22.0 Å². The van der Waals surface area contributed by atoms with Crippen LogP contribution in [0.4, 0.5) is 10.1 Å². The molecule has 0 atom stereocenters. The normalized spacial score (nSPS) is 14.2. The van der Waals surface area contributed by atoms with E-state index in [0.717, 1.165) is 13.0 Å². The Hall–Kier alpha value is -1.40. The molecule has 1 aliphatic heterocycles. The minimum atomic E-state index is -1.14.